The highest BCUT2D eigenvalue weighted by Gasteiger charge is 2.00. The molecule has 0 fully saturated rings. The van der Waals surface area contributed by atoms with Crippen LogP contribution < -0.4 is 0 Å². The first kappa shape index (κ1) is 10.6. The third-order valence-electron chi connectivity index (χ3n) is 2.49. The molecule has 72 valence electrons. The SMILES string of the molecule is CCC(C)Cc1ccc(CS)cc1. The molecule has 0 spiro atoms. The Balaban J connectivity index is 2.58. The second-order valence-corrected chi connectivity index (χ2v) is 4.01. The molecule has 0 amide bonds. The third-order valence-corrected chi connectivity index (χ3v) is 2.85. The zero-order chi connectivity index (χ0) is 9.68. The van der Waals surface area contributed by atoms with E-state index in [-0.39, 0.29) is 0 Å². The van der Waals surface area contributed by atoms with E-state index in [1.54, 1.807) is 0 Å². The summed E-state index contributed by atoms with van der Waals surface area (Å²) in [5.41, 5.74) is 2.75. The normalized spacial score (nSPS) is 12.8. The number of hydrogen-bond donors (Lipinski definition) is 1. The molecule has 0 bridgehead atoms. The zero-order valence-corrected chi connectivity index (χ0v) is 9.35. The summed E-state index contributed by atoms with van der Waals surface area (Å²) in [6.07, 6.45) is 2.46. The van der Waals surface area contributed by atoms with Gasteiger partial charge in [0.1, 0.15) is 0 Å². The molecule has 0 aliphatic rings. The van der Waals surface area contributed by atoms with Gasteiger partial charge in [0.15, 0.2) is 0 Å². The average Bonchev–Trinajstić information content (AvgIpc) is 2.19. The minimum absolute atomic E-state index is 0.793. The molecule has 1 atom stereocenters. The summed E-state index contributed by atoms with van der Waals surface area (Å²) in [6, 6.07) is 8.78. The van der Waals surface area contributed by atoms with Crippen molar-refractivity contribution in [2.75, 3.05) is 0 Å². The van der Waals surface area contributed by atoms with Gasteiger partial charge in [-0.25, -0.2) is 0 Å². The summed E-state index contributed by atoms with van der Waals surface area (Å²) in [5.74, 6) is 1.63. The monoisotopic (exact) mass is 194 g/mol. The van der Waals surface area contributed by atoms with Crippen LogP contribution >= 0.6 is 12.6 Å². The van der Waals surface area contributed by atoms with Gasteiger partial charge in [0.05, 0.1) is 0 Å². The first-order valence-corrected chi connectivity index (χ1v) is 5.58. The Morgan fingerprint density at radius 2 is 1.69 bits per heavy atom. The molecule has 13 heavy (non-hydrogen) atoms. The van der Waals surface area contributed by atoms with E-state index in [1.165, 1.54) is 24.0 Å². The van der Waals surface area contributed by atoms with Crippen molar-refractivity contribution in [3.63, 3.8) is 0 Å². The van der Waals surface area contributed by atoms with E-state index in [1.807, 2.05) is 0 Å². The summed E-state index contributed by atoms with van der Waals surface area (Å²) in [6.45, 7) is 4.54. The number of hydrogen-bond acceptors (Lipinski definition) is 1. The average molecular weight is 194 g/mol. The van der Waals surface area contributed by atoms with Gasteiger partial charge in [-0.3, -0.25) is 0 Å². The van der Waals surface area contributed by atoms with E-state index in [9.17, 15) is 0 Å². The fourth-order valence-corrected chi connectivity index (χ4v) is 1.54. The molecule has 1 aromatic carbocycles. The van der Waals surface area contributed by atoms with Gasteiger partial charge in [-0.15, -0.1) is 0 Å². The van der Waals surface area contributed by atoms with E-state index in [4.69, 9.17) is 0 Å². The summed E-state index contributed by atoms with van der Waals surface area (Å²) in [5, 5.41) is 0. The third kappa shape index (κ3) is 3.43. The molecule has 0 nitrogen and oxygen atoms in total. The van der Waals surface area contributed by atoms with Gasteiger partial charge in [-0.05, 0) is 23.5 Å². The van der Waals surface area contributed by atoms with Gasteiger partial charge in [0.2, 0.25) is 0 Å². The fraction of sp³-hybridized carbons (Fsp3) is 0.500. The number of thiol groups is 1. The van der Waals surface area contributed by atoms with E-state index in [2.05, 4.69) is 50.7 Å². The highest BCUT2D eigenvalue weighted by molar-refractivity contribution is 7.79. The maximum Gasteiger partial charge on any atom is 0.0154 e. The molecule has 0 N–H and O–H groups in total. The molecular formula is C12H18S. The number of rotatable bonds is 4. The first-order valence-electron chi connectivity index (χ1n) is 4.95. The maximum absolute atomic E-state index is 4.23. The van der Waals surface area contributed by atoms with Gasteiger partial charge < -0.3 is 0 Å². The molecule has 1 heteroatoms. The van der Waals surface area contributed by atoms with Crippen LogP contribution in [0.15, 0.2) is 24.3 Å². The highest BCUT2D eigenvalue weighted by Crippen LogP contribution is 2.13. The number of benzene rings is 1. The lowest BCUT2D eigenvalue weighted by Gasteiger charge is -2.08. The maximum atomic E-state index is 4.23. The van der Waals surface area contributed by atoms with Crippen molar-refractivity contribution < 1.29 is 0 Å². The van der Waals surface area contributed by atoms with Gasteiger partial charge in [0, 0.05) is 5.75 Å². The van der Waals surface area contributed by atoms with Crippen LogP contribution in [0.4, 0.5) is 0 Å². The summed E-state index contributed by atoms with van der Waals surface area (Å²) < 4.78 is 0. The molecule has 0 saturated heterocycles. The standard InChI is InChI=1S/C12H18S/c1-3-10(2)8-11-4-6-12(9-13)7-5-11/h4-7,10,13H,3,8-9H2,1-2H3. The van der Waals surface area contributed by atoms with Crippen molar-refractivity contribution >= 4 is 12.6 Å². The fourth-order valence-electron chi connectivity index (χ4n) is 1.33. The predicted molar refractivity (Wildman–Crippen MR) is 62.3 cm³/mol. The molecule has 1 unspecified atom stereocenters. The smallest absolute Gasteiger partial charge is 0.0154 e. The van der Waals surface area contributed by atoms with E-state index < -0.39 is 0 Å². The van der Waals surface area contributed by atoms with Crippen LogP contribution in [0.3, 0.4) is 0 Å². The van der Waals surface area contributed by atoms with Crippen LogP contribution in [-0.2, 0) is 12.2 Å². The molecule has 0 aliphatic carbocycles. The largest absolute Gasteiger partial charge is 0.175 e. The molecule has 1 rings (SSSR count). The second-order valence-electron chi connectivity index (χ2n) is 3.69. The minimum atomic E-state index is 0.793. The highest BCUT2D eigenvalue weighted by atomic mass is 32.1. The molecule has 0 radical (unpaired) electrons. The molecular weight excluding hydrogens is 176 g/mol. The lowest BCUT2D eigenvalue weighted by atomic mass is 9.98. The molecule has 1 aromatic rings. The topological polar surface area (TPSA) is 0 Å². The van der Waals surface area contributed by atoms with Crippen LogP contribution in [0, 0.1) is 5.92 Å². The molecule has 0 aliphatic heterocycles. The van der Waals surface area contributed by atoms with Gasteiger partial charge in [-0.1, -0.05) is 44.5 Å². The summed E-state index contributed by atoms with van der Waals surface area (Å²) >= 11 is 4.23. The predicted octanol–water partition coefficient (Wildman–Crippen LogP) is 3.71. The van der Waals surface area contributed by atoms with Gasteiger partial charge in [0.25, 0.3) is 0 Å². The zero-order valence-electron chi connectivity index (χ0n) is 8.46. The summed E-state index contributed by atoms with van der Waals surface area (Å²) in [4.78, 5) is 0. The minimum Gasteiger partial charge on any atom is -0.175 e. The Hall–Kier alpha value is -0.430. The van der Waals surface area contributed by atoms with Crippen molar-refractivity contribution in [2.24, 2.45) is 5.92 Å². The van der Waals surface area contributed by atoms with Crippen LogP contribution in [-0.4, -0.2) is 0 Å². The van der Waals surface area contributed by atoms with Gasteiger partial charge >= 0.3 is 0 Å². The Labute approximate surface area is 86.8 Å². The van der Waals surface area contributed by atoms with E-state index in [0.29, 0.717) is 0 Å². The van der Waals surface area contributed by atoms with Crippen molar-refractivity contribution in [3.8, 4) is 0 Å². The van der Waals surface area contributed by atoms with Crippen molar-refractivity contribution in [2.45, 2.75) is 32.4 Å². The Morgan fingerprint density at radius 3 is 2.15 bits per heavy atom. The van der Waals surface area contributed by atoms with Crippen LogP contribution in [0.1, 0.15) is 31.4 Å². The Kier molecular flexibility index (Phi) is 4.37. The van der Waals surface area contributed by atoms with E-state index in [0.717, 1.165) is 11.7 Å². The van der Waals surface area contributed by atoms with Gasteiger partial charge in [-0.2, -0.15) is 12.6 Å². The molecule has 0 aromatic heterocycles. The van der Waals surface area contributed by atoms with Crippen molar-refractivity contribution in [1.29, 1.82) is 0 Å². The van der Waals surface area contributed by atoms with Crippen molar-refractivity contribution in [3.05, 3.63) is 35.4 Å². The Morgan fingerprint density at radius 1 is 1.15 bits per heavy atom. The quantitative estimate of drug-likeness (QED) is 0.694. The second kappa shape index (κ2) is 5.33. The van der Waals surface area contributed by atoms with Crippen molar-refractivity contribution in [1.82, 2.24) is 0 Å². The van der Waals surface area contributed by atoms with Crippen LogP contribution in [0.25, 0.3) is 0 Å². The molecule has 0 saturated carbocycles. The Bertz CT molecular complexity index is 238. The van der Waals surface area contributed by atoms with E-state index >= 15 is 0 Å². The summed E-state index contributed by atoms with van der Waals surface area (Å²) in [7, 11) is 0. The lowest BCUT2D eigenvalue weighted by molar-refractivity contribution is 0.560. The lowest BCUT2D eigenvalue weighted by Crippen LogP contribution is -1.97. The first-order chi connectivity index (χ1) is 6.26. The van der Waals surface area contributed by atoms with Crippen LogP contribution in [0.5, 0.6) is 0 Å². The molecule has 0 heterocycles. The van der Waals surface area contributed by atoms with Crippen LogP contribution in [0.2, 0.25) is 0 Å².